The van der Waals surface area contributed by atoms with Crippen molar-refractivity contribution >= 4 is 38.9 Å². The zero-order valence-corrected chi connectivity index (χ0v) is 20.5. The van der Waals surface area contributed by atoms with Crippen molar-refractivity contribution in [1.82, 2.24) is 9.21 Å². The zero-order chi connectivity index (χ0) is 24.3. The van der Waals surface area contributed by atoms with Gasteiger partial charge in [-0.15, -0.1) is 11.3 Å². The van der Waals surface area contributed by atoms with Gasteiger partial charge in [-0.2, -0.15) is 4.31 Å². The Morgan fingerprint density at radius 2 is 1.94 bits per heavy atom. The third-order valence-electron chi connectivity index (χ3n) is 5.57. The highest BCUT2D eigenvalue weighted by molar-refractivity contribution is 7.89. The number of hydrogen-bond donors (Lipinski definition) is 1. The molecule has 0 fully saturated rings. The van der Waals surface area contributed by atoms with E-state index in [1.165, 1.54) is 40.4 Å². The summed E-state index contributed by atoms with van der Waals surface area (Å²) in [5, 5.41) is 4.70. The molecule has 8 nitrogen and oxygen atoms in total. The highest BCUT2D eigenvalue weighted by Crippen LogP contribution is 2.28. The van der Waals surface area contributed by atoms with Crippen LogP contribution in [0, 0.1) is 0 Å². The molecular weight excluding hydrogens is 474 g/mol. The molecule has 0 aliphatic carbocycles. The Balaban J connectivity index is 1.44. The van der Waals surface area contributed by atoms with Crippen LogP contribution in [-0.2, 0) is 27.8 Å². The number of sulfonamides is 1. The first kappa shape index (κ1) is 23.9. The molecule has 10 heteroatoms. The molecule has 3 aromatic rings. The normalized spacial score (nSPS) is 13.7. The number of hydrogen-bond acceptors (Lipinski definition) is 6. The average Bonchev–Trinajstić information content (AvgIpc) is 3.31. The van der Waals surface area contributed by atoms with Gasteiger partial charge in [0.2, 0.25) is 15.9 Å². The fourth-order valence-electron chi connectivity index (χ4n) is 3.78. The van der Waals surface area contributed by atoms with Crippen molar-refractivity contribution < 1.29 is 22.7 Å². The minimum atomic E-state index is -3.76. The number of nitrogens with zero attached hydrogens (tertiary/aromatic N) is 2. The van der Waals surface area contributed by atoms with Crippen molar-refractivity contribution in [3.8, 4) is 5.75 Å². The molecule has 178 valence electrons. The minimum absolute atomic E-state index is 0.0614. The first-order chi connectivity index (χ1) is 16.3. The van der Waals surface area contributed by atoms with E-state index in [-0.39, 0.29) is 22.9 Å². The van der Waals surface area contributed by atoms with Crippen LogP contribution in [0.4, 0.5) is 5.69 Å². The second kappa shape index (κ2) is 9.96. The summed E-state index contributed by atoms with van der Waals surface area (Å²) in [6, 6.07) is 14.8. The lowest BCUT2D eigenvalue weighted by Crippen LogP contribution is -2.36. The summed E-state index contributed by atoms with van der Waals surface area (Å²) in [6.45, 7) is 0.530. The molecular formula is C24H25N3O5S2. The van der Waals surface area contributed by atoms with Crippen molar-refractivity contribution in [1.29, 1.82) is 0 Å². The molecule has 0 saturated heterocycles. The summed E-state index contributed by atoms with van der Waals surface area (Å²) >= 11 is 1.64. The SMILES string of the molecule is COc1cccc(NC(=O)CN(C)C(=O)c2cccc(S(=O)(=O)N3CCc4sccc4C3)c2)c1. The summed E-state index contributed by atoms with van der Waals surface area (Å²) < 4.78 is 33.0. The van der Waals surface area contributed by atoms with Gasteiger partial charge in [0, 0.05) is 42.3 Å². The lowest BCUT2D eigenvalue weighted by Gasteiger charge is -2.26. The molecule has 0 saturated carbocycles. The molecule has 2 aromatic carbocycles. The Morgan fingerprint density at radius 1 is 1.15 bits per heavy atom. The number of benzene rings is 2. The fourth-order valence-corrected chi connectivity index (χ4v) is 6.13. The summed E-state index contributed by atoms with van der Waals surface area (Å²) in [4.78, 5) is 27.9. The maximum atomic E-state index is 13.2. The van der Waals surface area contributed by atoms with E-state index >= 15 is 0 Å². The standard InChI is InChI=1S/C24H25N3O5S2/c1-26(16-23(28)25-19-6-4-7-20(14-19)32-2)24(29)17-5-3-8-21(13-17)34(30,31)27-11-9-22-18(15-27)10-12-33-22/h3-8,10,12-14H,9,11,15-16H2,1-2H3,(H,25,28). The van der Waals surface area contributed by atoms with Crippen molar-refractivity contribution in [2.24, 2.45) is 0 Å². The van der Waals surface area contributed by atoms with Gasteiger partial charge in [-0.25, -0.2) is 8.42 Å². The van der Waals surface area contributed by atoms with Crippen molar-refractivity contribution in [2.75, 3.05) is 32.6 Å². The van der Waals surface area contributed by atoms with Crippen LogP contribution < -0.4 is 10.1 Å². The summed E-state index contributed by atoms with van der Waals surface area (Å²) in [7, 11) is -0.727. The van der Waals surface area contributed by atoms with Gasteiger partial charge in [-0.1, -0.05) is 12.1 Å². The third kappa shape index (κ3) is 5.14. The highest BCUT2D eigenvalue weighted by atomic mass is 32.2. The largest absolute Gasteiger partial charge is 0.497 e. The van der Waals surface area contributed by atoms with Crippen LogP contribution in [0.1, 0.15) is 20.8 Å². The minimum Gasteiger partial charge on any atom is -0.497 e. The number of amides is 2. The van der Waals surface area contributed by atoms with Crippen molar-refractivity contribution in [3.63, 3.8) is 0 Å². The third-order valence-corrected chi connectivity index (χ3v) is 8.44. The molecule has 0 bridgehead atoms. The topological polar surface area (TPSA) is 96.0 Å². The molecule has 1 aliphatic rings. The number of nitrogens with one attached hydrogen (secondary N) is 1. The number of fused-ring (bicyclic) bond motifs is 1. The van der Waals surface area contributed by atoms with E-state index in [1.54, 1.807) is 47.7 Å². The Labute approximate surface area is 202 Å². The van der Waals surface area contributed by atoms with Crippen molar-refractivity contribution in [3.05, 3.63) is 76.0 Å². The van der Waals surface area contributed by atoms with Crippen LogP contribution in [0.3, 0.4) is 0 Å². The van der Waals surface area contributed by atoms with E-state index in [1.807, 2.05) is 11.4 Å². The number of ether oxygens (including phenoxy) is 1. The van der Waals surface area contributed by atoms with Gasteiger partial charge in [-0.3, -0.25) is 9.59 Å². The van der Waals surface area contributed by atoms with E-state index in [2.05, 4.69) is 5.32 Å². The smallest absolute Gasteiger partial charge is 0.254 e. The number of thiophene rings is 1. The maximum Gasteiger partial charge on any atom is 0.254 e. The summed E-state index contributed by atoms with van der Waals surface area (Å²) in [6.07, 6.45) is 0.677. The predicted octanol–water partition coefficient (Wildman–Crippen LogP) is 3.21. The van der Waals surface area contributed by atoms with Crippen LogP contribution in [0.15, 0.2) is 64.9 Å². The van der Waals surface area contributed by atoms with Crippen LogP contribution in [0.25, 0.3) is 0 Å². The molecule has 1 aromatic heterocycles. The predicted molar refractivity (Wildman–Crippen MR) is 131 cm³/mol. The number of likely N-dealkylation sites (N-methyl/N-ethyl adjacent to an activating group) is 1. The molecule has 1 N–H and O–H groups in total. The summed E-state index contributed by atoms with van der Waals surface area (Å²) in [5.41, 5.74) is 1.77. The quantitative estimate of drug-likeness (QED) is 0.539. The lowest BCUT2D eigenvalue weighted by molar-refractivity contribution is -0.116. The van der Waals surface area contributed by atoms with Crippen LogP contribution in [-0.4, -0.2) is 56.7 Å². The number of rotatable bonds is 7. The van der Waals surface area contributed by atoms with Gasteiger partial charge in [-0.05, 0) is 53.8 Å². The molecule has 0 atom stereocenters. The van der Waals surface area contributed by atoms with Gasteiger partial charge in [0.1, 0.15) is 5.75 Å². The second-order valence-corrected chi connectivity index (χ2v) is 10.9. The van der Waals surface area contributed by atoms with E-state index in [9.17, 15) is 18.0 Å². The number of carbonyl (C=O) groups excluding carboxylic acids is 2. The molecule has 2 amide bonds. The van der Waals surface area contributed by atoms with Crippen LogP contribution in [0.2, 0.25) is 0 Å². The number of methoxy groups -OCH3 is 1. The first-order valence-corrected chi connectivity index (χ1v) is 12.9. The zero-order valence-electron chi connectivity index (χ0n) is 18.9. The molecule has 0 spiro atoms. The maximum absolute atomic E-state index is 13.2. The monoisotopic (exact) mass is 499 g/mol. The molecule has 2 heterocycles. The Bertz CT molecular complexity index is 1320. The Hall–Kier alpha value is -3.21. The van der Waals surface area contributed by atoms with E-state index in [0.717, 1.165) is 5.56 Å². The van der Waals surface area contributed by atoms with Gasteiger partial charge >= 0.3 is 0 Å². The average molecular weight is 500 g/mol. The highest BCUT2D eigenvalue weighted by Gasteiger charge is 2.29. The Kier molecular flexibility index (Phi) is 7.01. The van der Waals surface area contributed by atoms with Gasteiger partial charge in [0.25, 0.3) is 5.91 Å². The van der Waals surface area contributed by atoms with E-state index in [4.69, 9.17) is 4.74 Å². The van der Waals surface area contributed by atoms with Crippen LogP contribution >= 0.6 is 11.3 Å². The molecule has 34 heavy (non-hydrogen) atoms. The van der Waals surface area contributed by atoms with E-state index in [0.29, 0.717) is 30.9 Å². The van der Waals surface area contributed by atoms with Gasteiger partial charge < -0.3 is 15.0 Å². The molecule has 4 rings (SSSR count). The fraction of sp³-hybridized carbons (Fsp3) is 0.250. The molecule has 0 unspecified atom stereocenters. The lowest BCUT2D eigenvalue weighted by atomic mass is 10.1. The number of anilines is 1. The van der Waals surface area contributed by atoms with Crippen LogP contribution in [0.5, 0.6) is 5.75 Å². The number of carbonyl (C=O) groups is 2. The van der Waals surface area contributed by atoms with E-state index < -0.39 is 15.9 Å². The van der Waals surface area contributed by atoms with Crippen molar-refractivity contribution in [2.45, 2.75) is 17.9 Å². The van der Waals surface area contributed by atoms with Gasteiger partial charge in [0.15, 0.2) is 0 Å². The molecule has 1 aliphatic heterocycles. The Morgan fingerprint density at radius 3 is 2.74 bits per heavy atom. The van der Waals surface area contributed by atoms with Gasteiger partial charge in [0.05, 0.1) is 18.6 Å². The second-order valence-electron chi connectivity index (χ2n) is 7.93. The molecule has 0 radical (unpaired) electrons. The first-order valence-electron chi connectivity index (χ1n) is 10.6. The summed E-state index contributed by atoms with van der Waals surface area (Å²) in [5.74, 6) is -0.228.